The Morgan fingerprint density at radius 1 is 1.06 bits per heavy atom. The van der Waals surface area contributed by atoms with E-state index in [0.29, 0.717) is 24.8 Å². The second-order valence-corrected chi connectivity index (χ2v) is 9.02. The second kappa shape index (κ2) is 10.3. The highest BCUT2D eigenvalue weighted by molar-refractivity contribution is 5.76. The molecule has 2 aromatic rings. The average molecular weight is 428 g/mol. The van der Waals surface area contributed by atoms with Crippen molar-refractivity contribution in [2.45, 2.75) is 57.5 Å². The van der Waals surface area contributed by atoms with E-state index in [-0.39, 0.29) is 11.9 Å². The predicted molar refractivity (Wildman–Crippen MR) is 116 cm³/mol. The van der Waals surface area contributed by atoms with Crippen molar-refractivity contribution in [3.8, 4) is 0 Å². The molecule has 166 valence electrons. The van der Waals surface area contributed by atoms with Crippen molar-refractivity contribution in [1.29, 1.82) is 0 Å². The van der Waals surface area contributed by atoms with Crippen molar-refractivity contribution in [2.24, 2.45) is 11.8 Å². The molecule has 0 radical (unpaired) electrons. The van der Waals surface area contributed by atoms with Gasteiger partial charge in [-0.2, -0.15) is 0 Å². The van der Waals surface area contributed by atoms with Gasteiger partial charge in [0.2, 0.25) is 5.91 Å². The number of carbonyl (C=O) groups excluding carboxylic acids is 1. The highest BCUT2D eigenvalue weighted by Gasteiger charge is 2.30. The van der Waals surface area contributed by atoms with Gasteiger partial charge in [-0.3, -0.25) is 14.7 Å². The summed E-state index contributed by atoms with van der Waals surface area (Å²) in [5, 5.41) is 3.30. The van der Waals surface area contributed by atoms with E-state index in [0.717, 1.165) is 50.0 Å². The number of piperidine rings is 1. The van der Waals surface area contributed by atoms with Gasteiger partial charge in [0.05, 0.1) is 11.7 Å². The van der Waals surface area contributed by atoms with Crippen molar-refractivity contribution < 1.29 is 13.6 Å². The van der Waals surface area contributed by atoms with Gasteiger partial charge >= 0.3 is 0 Å². The molecule has 4 rings (SSSR count). The van der Waals surface area contributed by atoms with Crippen molar-refractivity contribution >= 4 is 5.91 Å². The fraction of sp³-hybridized carbons (Fsp3) is 0.520. The summed E-state index contributed by atoms with van der Waals surface area (Å²) in [5.74, 6) is -0.653. The number of benzene rings is 1. The molecule has 1 aliphatic heterocycles. The monoisotopic (exact) mass is 427 g/mol. The largest absolute Gasteiger partial charge is 0.347 e. The number of nitrogens with zero attached hydrogens (tertiary/aromatic N) is 2. The third kappa shape index (κ3) is 5.88. The molecule has 0 spiro atoms. The molecule has 0 bridgehead atoms. The standard InChI is InChI=1S/C25H31F2N3O/c26-21-9-8-19(15-22(21)27)17-30-13-10-20(11-14-30)25(23-7-3-4-12-28-23)29-24(31)16-18-5-1-2-6-18/h3-4,7-9,12,15,18,20,25H,1-2,5-6,10-11,13-14,16-17H2,(H,29,31)/t25-/m0/s1. The van der Waals surface area contributed by atoms with Gasteiger partial charge in [0.15, 0.2) is 11.6 Å². The molecule has 1 atom stereocenters. The van der Waals surface area contributed by atoms with Crippen LogP contribution >= 0.6 is 0 Å². The Bertz CT molecular complexity index is 862. The Balaban J connectivity index is 1.37. The fourth-order valence-corrected chi connectivity index (χ4v) is 5.04. The first-order chi connectivity index (χ1) is 15.1. The van der Waals surface area contributed by atoms with E-state index in [2.05, 4.69) is 15.2 Å². The summed E-state index contributed by atoms with van der Waals surface area (Å²) in [6.07, 6.45) is 9.02. The Hall–Kier alpha value is -2.34. The highest BCUT2D eigenvalue weighted by atomic mass is 19.2. The van der Waals surface area contributed by atoms with Crippen LogP contribution in [-0.2, 0) is 11.3 Å². The van der Waals surface area contributed by atoms with Gasteiger partial charge in [-0.1, -0.05) is 25.0 Å². The first-order valence-electron chi connectivity index (χ1n) is 11.4. The highest BCUT2D eigenvalue weighted by Crippen LogP contribution is 2.32. The van der Waals surface area contributed by atoms with Crippen LogP contribution in [0.25, 0.3) is 0 Å². The molecule has 2 heterocycles. The van der Waals surface area contributed by atoms with Crippen LogP contribution in [-0.4, -0.2) is 28.9 Å². The number of likely N-dealkylation sites (tertiary alicyclic amines) is 1. The minimum absolute atomic E-state index is 0.0829. The molecule has 31 heavy (non-hydrogen) atoms. The zero-order chi connectivity index (χ0) is 21.6. The topological polar surface area (TPSA) is 45.2 Å². The van der Waals surface area contributed by atoms with Gasteiger partial charge < -0.3 is 5.32 Å². The molecule has 1 saturated heterocycles. The lowest BCUT2D eigenvalue weighted by Crippen LogP contribution is -2.41. The number of halogens is 2. The minimum atomic E-state index is -0.811. The van der Waals surface area contributed by atoms with Crippen LogP contribution < -0.4 is 5.32 Å². The smallest absolute Gasteiger partial charge is 0.220 e. The number of hydrogen-bond donors (Lipinski definition) is 1. The van der Waals surface area contributed by atoms with Crippen molar-refractivity contribution in [3.05, 3.63) is 65.5 Å². The number of carbonyl (C=O) groups is 1. The van der Waals surface area contributed by atoms with Crippen LogP contribution in [0, 0.1) is 23.5 Å². The third-order valence-corrected chi connectivity index (χ3v) is 6.77. The maximum absolute atomic E-state index is 13.5. The van der Waals surface area contributed by atoms with Crippen molar-refractivity contribution in [2.75, 3.05) is 13.1 Å². The van der Waals surface area contributed by atoms with Crippen LogP contribution in [0.2, 0.25) is 0 Å². The van der Waals surface area contributed by atoms with Gasteiger partial charge in [-0.05, 0) is 80.4 Å². The lowest BCUT2D eigenvalue weighted by atomic mass is 9.86. The summed E-state index contributed by atoms with van der Waals surface area (Å²) in [7, 11) is 0. The van der Waals surface area contributed by atoms with Crippen LogP contribution in [0.5, 0.6) is 0 Å². The Morgan fingerprint density at radius 2 is 1.84 bits per heavy atom. The first-order valence-corrected chi connectivity index (χ1v) is 11.4. The molecule has 1 aromatic carbocycles. The number of pyridine rings is 1. The maximum atomic E-state index is 13.5. The van der Waals surface area contributed by atoms with Crippen LogP contribution in [0.15, 0.2) is 42.6 Å². The lowest BCUT2D eigenvalue weighted by molar-refractivity contribution is -0.123. The molecule has 1 N–H and O–H groups in total. The molecule has 6 heteroatoms. The van der Waals surface area contributed by atoms with Gasteiger partial charge in [0.1, 0.15) is 0 Å². The van der Waals surface area contributed by atoms with E-state index >= 15 is 0 Å². The number of nitrogens with one attached hydrogen (secondary N) is 1. The quantitative estimate of drug-likeness (QED) is 0.676. The van der Waals surface area contributed by atoms with Crippen molar-refractivity contribution in [1.82, 2.24) is 15.2 Å². The summed E-state index contributed by atoms with van der Waals surface area (Å²) in [6, 6.07) is 9.89. The molecule has 4 nitrogen and oxygen atoms in total. The molecular formula is C25H31F2N3O. The van der Waals surface area contributed by atoms with E-state index in [1.807, 2.05) is 18.2 Å². The SMILES string of the molecule is O=C(CC1CCCC1)N[C@H](c1ccccn1)C1CCN(Cc2ccc(F)c(F)c2)CC1. The zero-order valence-electron chi connectivity index (χ0n) is 17.9. The molecule has 1 aliphatic carbocycles. The zero-order valence-corrected chi connectivity index (χ0v) is 17.9. The molecule has 1 amide bonds. The van der Waals surface area contributed by atoms with Crippen LogP contribution in [0.4, 0.5) is 8.78 Å². The summed E-state index contributed by atoms with van der Waals surface area (Å²) in [6.45, 7) is 2.31. The average Bonchev–Trinajstić information content (AvgIpc) is 3.29. The number of aromatic nitrogens is 1. The Kier molecular flexibility index (Phi) is 7.28. The van der Waals surface area contributed by atoms with E-state index in [1.165, 1.54) is 25.0 Å². The lowest BCUT2D eigenvalue weighted by Gasteiger charge is -2.36. The number of amides is 1. The predicted octanol–water partition coefficient (Wildman–Crippen LogP) is 5.01. The summed E-state index contributed by atoms with van der Waals surface area (Å²) in [4.78, 5) is 19.6. The van der Waals surface area contributed by atoms with Gasteiger partial charge in [-0.15, -0.1) is 0 Å². The molecule has 0 unspecified atom stereocenters. The summed E-state index contributed by atoms with van der Waals surface area (Å²) >= 11 is 0. The Morgan fingerprint density at radius 3 is 2.52 bits per heavy atom. The van der Waals surface area contributed by atoms with Crippen LogP contribution in [0.1, 0.15) is 62.2 Å². The third-order valence-electron chi connectivity index (χ3n) is 6.77. The van der Waals surface area contributed by atoms with Crippen LogP contribution in [0.3, 0.4) is 0 Å². The first kappa shape index (κ1) is 21.9. The molecule has 2 aliphatic rings. The van der Waals surface area contributed by atoms with E-state index < -0.39 is 11.6 Å². The van der Waals surface area contributed by atoms with Crippen molar-refractivity contribution in [3.63, 3.8) is 0 Å². The fourth-order valence-electron chi connectivity index (χ4n) is 5.04. The molecular weight excluding hydrogens is 396 g/mol. The number of hydrogen-bond acceptors (Lipinski definition) is 3. The molecule has 1 saturated carbocycles. The van der Waals surface area contributed by atoms with E-state index in [4.69, 9.17) is 0 Å². The minimum Gasteiger partial charge on any atom is -0.347 e. The Labute approximate surface area is 183 Å². The van der Waals surface area contributed by atoms with E-state index in [1.54, 1.807) is 12.3 Å². The van der Waals surface area contributed by atoms with Gasteiger partial charge in [-0.25, -0.2) is 8.78 Å². The van der Waals surface area contributed by atoms with E-state index in [9.17, 15) is 13.6 Å². The molecule has 2 fully saturated rings. The summed E-state index contributed by atoms with van der Waals surface area (Å²) in [5.41, 5.74) is 1.70. The summed E-state index contributed by atoms with van der Waals surface area (Å²) < 4.78 is 26.7. The molecule has 1 aromatic heterocycles. The van der Waals surface area contributed by atoms with Gasteiger partial charge in [0, 0.05) is 19.2 Å². The maximum Gasteiger partial charge on any atom is 0.220 e. The normalized spacial score (nSPS) is 19.4. The number of rotatable bonds is 7. The second-order valence-electron chi connectivity index (χ2n) is 9.02. The van der Waals surface area contributed by atoms with Gasteiger partial charge in [0.25, 0.3) is 0 Å².